The third-order valence-electron chi connectivity index (χ3n) is 2.17. The monoisotopic (exact) mass is 274 g/mol. The van der Waals surface area contributed by atoms with E-state index in [1.165, 1.54) is 31.8 Å². The molecule has 0 radical (unpaired) electrons. The van der Waals surface area contributed by atoms with Crippen molar-refractivity contribution in [2.45, 2.75) is 0 Å². The summed E-state index contributed by atoms with van der Waals surface area (Å²) >= 11 is 0. The second-order valence-corrected chi connectivity index (χ2v) is 3.64. The molecule has 0 fully saturated rings. The molecule has 0 aliphatic heterocycles. The highest BCUT2D eigenvalue weighted by molar-refractivity contribution is 5.96. The van der Waals surface area contributed by atoms with Crippen molar-refractivity contribution < 1.29 is 19.4 Å². The number of carboxylic acid groups (broad SMARTS) is 1. The average molecular weight is 274 g/mol. The van der Waals surface area contributed by atoms with Crippen LogP contribution in [0.15, 0.2) is 49.1 Å². The number of Topliss-reactive ketones (excluding diaryl/α,β-unsaturated/α-hetero) is 1. The maximum Gasteiger partial charge on any atom is 0.337 e. The van der Waals surface area contributed by atoms with Crippen LogP contribution in [0.3, 0.4) is 0 Å². The van der Waals surface area contributed by atoms with Gasteiger partial charge in [0.15, 0.2) is 5.78 Å². The van der Waals surface area contributed by atoms with Crippen LogP contribution in [-0.4, -0.2) is 40.5 Å². The zero-order valence-electron chi connectivity index (χ0n) is 10.9. The van der Waals surface area contributed by atoms with Gasteiger partial charge in [0.1, 0.15) is 6.61 Å². The van der Waals surface area contributed by atoms with Gasteiger partial charge in [-0.25, -0.2) is 4.79 Å². The molecular formula is C14H14N2O4. The summed E-state index contributed by atoms with van der Waals surface area (Å²) in [6.07, 6.45) is 6.00. The summed E-state index contributed by atoms with van der Waals surface area (Å²) in [5.74, 6) is -0.983. The topological polar surface area (TPSA) is 89.4 Å². The van der Waals surface area contributed by atoms with Crippen molar-refractivity contribution >= 4 is 11.8 Å². The quantitative estimate of drug-likeness (QED) is 0.853. The number of carbonyl (C=O) groups is 2. The zero-order valence-corrected chi connectivity index (χ0v) is 10.9. The van der Waals surface area contributed by atoms with Crippen molar-refractivity contribution in [2.75, 3.05) is 13.7 Å². The van der Waals surface area contributed by atoms with Crippen molar-refractivity contribution in [2.24, 2.45) is 0 Å². The minimum atomic E-state index is -0.942. The molecule has 0 aliphatic carbocycles. The molecule has 0 saturated heterocycles. The summed E-state index contributed by atoms with van der Waals surface area (Å²) in [5, 5.41) is 8.34. The molecule has 2 aromatic heterocycles. The van der Waals surface area contributed by atoms with E-state index in [1.807, 2.05) is 0 Å². The molecule has 0 spiro atoms. The van der Waals surface area contributed by atoms with Crippen LogP contribution in [0.2, 0.25) is 0 Å². The van der Waals surface area contributed by atoms with E-state index >= 15 is 0 Å². The molecular weight excluding hydrogens is 260 g/mol. The van der Waals surface area contributed by atoms with E-state index < -0.39 is 5.97 Å². The molecule has 0 bridgehead atoms. The number of aromatic nitrogens is 2. The van der Waals surface area contributed by atoms with Crippen LogP contribution in [0.5, 0.6) is 0 Å². The number of hydrogen-bond acceptors (Lipinski definition) is 5. The van der Waals surface area contributed by atoms with E-state index in [0.717, 1.165) is 0 Å². The fourth-order valence-corrected chi connectivity index (χ4v) is 1.23. The minimum absolute atomic E-state index is 0.0411. The zero-order chi connectivity index (χ0) is 14.8. The van der Waals surface area contributed by atoms with Crippen molar-refractivity contribution in [3.63, 3.8) is 0 Å². The molecule has 20 heavy (non-hydrogen) atoms. The first-order valence-corrected chi connectivity index (χ1v) is 5.70. The van der Waals surface area contributed by atoms with Gasteiger partial charge in [0.2, 0.25) is 0 Å². The lowest BCUT2D eigenvalue weighted by atomic mass is 10.2. The van der Waals surface area contributed by atoms with E-state index in [2.05, 4.69) is 14.7 Å². The van der Waals surface area contributed by atoms with Crippen molar-refractivity contribution in [3.8, 4) is 0 Å². The van der Waals surface area contributed by atoms with Crippen molar-refractivity contribution in [3.05, 3.63) is 60.2 Å². The van der Waals surface area contributed by atoms with Gasteiger partial charge in [0.25, 0.3) is 0 Å². The van der Waals surface area contributed by atoms with E-state index in [4.69, 9.17) is 5.11 Å². The maximum atomic E-state index is 11.1. The normalized spacial score (nSPS) is 9.25. The average Bonchev–Trinajstić information content (AvgIpc) is 2.50. The molecule has 104 valence electrons. The van der Waals surface area contributed by atoms with Gasteiger partial charge in [-0.1, -0.05) is 0 Å². The van der Waals surface area contributed by atoms with E-state index in [1.54, 1.807) is 24.4 Å². The summed E-state index contributed by atoms with van der Waals surface area (Å²) in [7, 11) is 1.49. The lowest BCUT2D eigenvalue weighted by Crippen LogP contribution is -2.06. The highest BCUT2D eigenvalue weighted by atomic mass is 16.5. The number of ether oxygens (including phenoxy) is 1. The second kappa shape index (κ2) is 8.49. The number of pyridine rings is 2. The lowest BCUT2D eigenvalue weighted by molar-refractivity contribution is 0.0696. The number of nitrogens with zero attached hydrogens (tertiary/aromatic N) is 2. The van der Waals surface area contributed by atoms with Gasteiger partial charge in [0, 0.05) is 37.5 Å². The number of carboxylic acids is 1. The molecule has 0 aliphatic rings. The van der Waals surface area contributed by atoms with Crippen LogP contribution in [0, 0.1) is 0 Å². The van der Waals surface area contributed by atoms with Gasteiger partial charge in [-0.05, 0) is 24.3 Å². The predicted molar refractivity (Wildman–Crippen MR) is 71.6 cm³/mol. The molecule has 2 aromatic rings. The number of ketones is 1. The number of carbonyl (C=O) groups excluding carboxylic acids is 1. The third-order valence-corrected chi connectivity index (χ3v) is 2.17. The van der Waals surface area contributed by atoms with E-state index in [9.17, 15) is 9.59 Å². The summed E-state index contributed by atoms with van der Waals surface area (Å²) in [6.45, 7) is 0.117. The molecule has 6 nitrogen and oxygen atoms in total. The van der Waals surface area contributed by atoms with Crippen LogP contribution in [0.4, 0.5) is 0 Å². The fourth-order valence-electron chi connectivity index (χ4n) is 1.23. The van der Waals surface area contributed by atoms with Crippen LogP contribution in [0.1, 0.15) is 20.7 Å². The summed E-state index contributed by atoms with van der Waals surface area (Å²) in [4.78, 5) is 28.7. The highest BCUT2D eigenvalue weighted by Gasteiger charge is 2.02. The van der Waals surface area contributed by atoms with Gasteiger partial charge in [-0.2, -0.15) is 0 Å². The molecule has 6 heteroatoms. The first kappa shape index (κ1) is 15.5. The van der Waals surface area contributed by atoms with Gasteiger partial charge in [-0.3, -0.25) is 14.8 Å². The minimum Gasteiger partial charge on any atom is -0.478 e. The van der Waals surface area contributed by atoms with Crippen molar-refractivity contribution in [1.29, 1.82) is 0 Å². The standard InChI is InChI=1S/C8H9NO2.C6H5NO2/c1-11-6-8(10)7-3-2-4-9-5-7;8-6(9)5-2-1-3-7-4-5/h2-5H,6H2,1H3;1-4H,(H,8,9). The van der Waals surface area contributed by atoms with Crippen LogP contribution in [-0.2, 0) is 4.74 Å². The van der Waals surface area contributed by atoms with Gasteiger partial charge < -0.3 is 9.84 Å². The number of methoxy groups -OCH3 is 1. The highest BCUT2D eigenvalue weighted by Crippen LogP contribution is 1.96. The van der Waals surface area contributed by atoms with Gasteiger partial charge in [0.05, 0.1) is 5.56 Å². The number of hydrogen-bond donors (Lipinski definition) is 1. The van der Waals surface area contributed by atoms with E-state index in [0.29, 0.717) is 5.56 Å². The Morgan fingerprint density at radius 1 is 1.10 bits per heavy atom. The molecule has 2 rings (SSSR count). The summed E-state index contributed by atoms with van der Waals surface area (Å²) in [6, 6.07) is 6.52. The Kier molecular flexibility index (Phi) is 6.56. The Bertz CT molecular complexity index is 544. The first-order chi connectivity index (χ1) is 9.65. The fraction of sp³-hybridized carbons (Fsp3) is 0.143. The molecule has 0 atom stereocenters. The van der Waals surface area contributed by atoms with Crippen LogP contribution < -0.4 is 0 Å². The van der Waals surface area contributed by atoms with Crippen molar-refractivity contribution in [1.82, 2.24) is 9.97 Å². The van der Waals surface area contributed by atoms with Crippen LogP contribution in [0.25, 0.3) is 0 Å². The lowest BCUT2D eigenvalue weighted by Gasteiger charge is -1.96. The molecule has 0 saturated carbocycles. The molecule has 0 aromatic carbocycles. The smallest absolute Gasteiger partial charge is 0.337 e. The summed E-state index contributed by atoms with van der Waals surface area (Å²) in [5.41, 5.74) is 0.812. The molecule has 0 amide bonds. The molecule has 2 heterocycles. The maximum absolute atomic E-state index is 11.1. The molecule has 0 unspecified atom stereocenters. The van der Waals surface area contributed by atoms with Gasteiger partial charge >= 0.3 is 5.97 Å². The SMILES string of the molecule is COCC(=O)c1cccnc1.O=C(O)c1cccnc1. The van der Waals surface area contributed by atoms with Crippen LogP contribution >= 0.6 is 0 Å². The number of aromatic carboxylic acids is 1. The Balaban J connectivity index is 0.000000204. The Morgan fingerprint density at radius 2 is 1.65 bits per heavy atom. The summed E-state index contributed by atoms with van der Waals surface area (Å²) < 4.78 is 4.68. The predicted octanol–water partition coefficient (Wildman–Crippen LogP) is 1.69. The Morgan fingerprint density at radius 3 is 2.00 bits per heavy atom. The Labute approximate surface area is 116 Å². The third kappa shape index (κ3) is 5.36. The second-order valence-electron chi connectivity index (χ2n) is 3.64. The van der Waals surface area contributed by atoms with Gasteiger partial charge in [-0.15, -0.1) is 0 Å². The first-order valence-electron chi connectivity index (χ1n) is 5.70. The van der Waals surface area contributed by atoms with E-state index in [-0.39, 0.29) is 18.0 Å². The number of rotatable bonds is 4. The Hall–Kier alpha value is -2.60. The largest absolute Gasteiger partial charge is 0.478 e. The molecule has 1 N–H and O–H groups in total.